The van der Waals surface area contributed by atoms with Gasteiger partial charge >= 0.3 is 5.97 Å². The number of allylic oxidation sites excluding steroid dienone is 1. The van der Waals surface area contributed by atoms with Gasteiger partial charge in [-0.05, 0) is 86.4 Å². The molecule has 0 aromatic carbocycles. The van der Waals surface area contributed by atoms with Gasteiger partial charge in [-0.25, -0.2) is 0 Å². The number of hydrogen-bond donors (Lipinski definition) is 2. The third kappa shape index (κ3) is 3.40. The molecule has 32 heavy (non-hydrogen) atoms. The first kappa shape index (κ1) is 23.3. The van der Waals surface area contributed by atoms with E-state index in [-0.39, 0.29) is 22.7 Å². The van der Waals surface area contributed by atoms with Crippen molar-refractivity contribution in [2.45, 2.75) is 78.6 Å². The normalized spacial score (nSPS) is 44.6. The number of oxime groups is 2. The first-order valence-corrected chi connectivity index (χ1v) is 12.4. The highest BCUT2D eigenvalue weighted by atomic mass is 16.5. The molecule has 0 radical (unpaired) electrons. The molecule has 0 aromatic heterocycles. The molecule has 0 spiro atoms. The van der Waals surface area contributed by atoms with Gasteiger partial charge in [-0.3, -0.25) is 4.79 Å². The van der Waals surface area contributed by atoms with Crippen LogP contribution >= 0.6 is 0 Å². The van der Waals surface area contributed by atoms with Gasteiger partial charge in [0.15, 0.2) is 0 Å². The number of ether oxygens (including phenoxy) is 1. The lowest BCUT2D eigenvalue weighted by Crippen LogP contribution is -2.59. The minimum absolute atomic E-state index is 0.145. The molecule has 0 aromatic rings. The number of esters is 1. The van der Waals surface area contributed by atoms with E-state index >= 15 is 0 Å². The van der Waals surface area contributed by atoms with Crippen LogP contribution in [0.2, 0.25) is 0 Å². The Bertz CT molecular complexity index is 836. The molecule has 6 heteroatoms. The van der Waals surface area contributed by atoms with Crippen molar-refractivity contribution in [2.75, 3.05) is 7.11 Å². The predicted molar refractivity (Wildman–Crippen MR) is 124 cm³/mol. The lowest BCUT2D eigenvalue weighted by molar-refractivity contribution is -0.141. The zero-order valence-corrected chi connectivity index (χ0v) is 20.1. The van der Waals surface area contributed by atoms with E-state index in [1.54, 1.807) is 0 Å². The maximum Gasteiger partial charge on any atom is 0.305 e. The summed E-state index contributed by atoms with van der Waals surface area (Å²) in [6, 6.07) is 0. The van der Waals surface area contributed by atoms with Gasteiger partial charge < -0.3 is 15.2 Å². The van der Waals surface area contributed by atoms with Crippen LogP contribution < -0.4 is 0 Å². The third-order valence-electron chi connectivity index (χ3n) is 10.4. The van der Waals surface area contributed by atoms with Crippen LogP contribution in [-0.4, -0.2) is 34.9 Å². The van der Waals surface area contributed by atoms with Crippen molar-refractivity contribution in [1.82, 2.24) is 0 Å². The molecule has 4 rings (SSSR count). The lowest BCUT2D eigenvalue weighted by atomic mass is 9.43. The number of hydrogen-bond acceptors (Lipinski definition) is 6. The van der Waals surface area contributed by atoms with Gasteiger partial charge in [0.2, 0.25) is 0 Å². The van der Waals surface area contributed by atoms with Crippen LogP contribution in [0.1, 0.15) is 78.6 Å². The second-order valence-corrected chi connectivity index (χ2v) is 11.5. The molecule has 0 heterocycles. The topological polar surface area (TPSA) is 91.5 Å². The third-order valence-corrected chi connectivity index (χ3v) is 10.4. The molecule has 178 valence electrons. The Morgan fingerprint density at radius 3 is 2.59 bits per heavy atom. The van der Waals surface area contributed by atoms with Crippen molar-refractivity contribution < 1.29 is 19.9 Å². The highest BCUT2D eigenvalue weighted by Gasteiger charge is 2.64. The Labute approximate surface area is 192 Å². The van der Waals surface area contributed by atoms with Crippen molar-refractivity contribution >= 4 is 17.4 Å². The van der Waals surface area contributed by atoms with E-state index in [1.807, 2.05) is 0 Å². The predicted octanol–water partition coefficient (Wildman–Crippen LogP) is 5.67. The van der Waals surface area contributed by atoms with Gasteiger partial charge in [-0.2, -0.15) is 0 Å². The molecule has 0 saturated heterocycles. The highest BCUT2D eigenvalue weighted by Crippen LogP contribution is 2.67. The van der Waals surface area contributed by atoms with Gasteiger partial charge in [0.05, 0.1) is 18.5 Å². The number of methoxy groups -OCH3 is 1. The number of carbonyl (C=O) groups is 1. The molecule has 8 atom stereocenters. The summed E-state index contributed by atoms with van der Waals surface area (Å²) in [7, 11) is 1.44. The molecule has 4 saturated carbocycles. The van der Waals surface area contributed by atoms with Crippen LogP contribution in [-0.2, 0) is 9.53 Å². The van der Waals surface area contributed by atoms with Gasteiger partial charge in [0, 0.05) is 17.8 Å². The summed E-state index contributed by atoms with van der Waals surface area (Å²) >= 11 is 0. The fourth-order valence-electron chi connectivity index (χ4n) is 8.45. The van der Waals surface area contributed by atoms with Crippen molar-refractivity contribution in [2.24, 2.45) is 56.6 Å². The highest BCUT2D eigenvalue weighted by molar-refractivity contribution is 5.96. The average Bonchev–Trinajstić information content (AvgIpc) is 3.14. The largest absolute Gasteiger partial charge is 0.469 e. The summed E-state index contributed by atoms with van der Waals surface area (Å²) in [4.78, 5) is 11.7. The first-order chi connectivity index (χ1) is 15.2. The molecule has 6 nitrogen and oxygen atoms in total. The van der Waals surface area contributed by atoms with Gasteiger partial charge in [-0.1, -0.05) is 43.2 Å². The van der Waals surface area contributed by atoms with Crippen LogP contribution in [0.25, 0.3) is 0 Å². The van der Waals surface area contributed by atoms with Crippen molar-refractivity contribution in [3.8, 4) is 0 Å². The van der Waals surface area contributed by atoms with Crippen LogP contribution in [0.3, 0.4) is 0 Å². The zero-order chi connectivity index (χ0) is 23.3. The minimum atomic E-state index is -0.247. The number of carbonyl (C=O) groups excluding carboxylic acids is 1. The smallest absolute Gasteiger partial charge is 0.305 e. The summed E-state index contributed by atoms with van der Waals surface area (Å²) in [5, 5.41) is 28.1. The van der Waals surface area contributed by atoms with E-state index in [0.717, 1.165) is 62.8 Å². The van der Waals surface area contributed by atoms with Crippen LogP contribution in [0.4, 0.5) is 0 Å². The summed E-state index contributed by atoms with van der Waals surface area (Å²) in [6.45, 7) is 11.2. The quantitative estimate of drug-likeness (QED) is 0.253. The van der Waals surface area contributed by atoms with E-state index in [4.69, 9.17) is 4.74 Å². The minimum Gasteiger partial charge on any atom is -0.469 e. The number of fused-ring (bicyclic) bond motifs is 5. The van der Waals surface area contributed by atoms with Gasteiger partial charge in [0.1, 0.15) is 0 Å². The SMILES string of the molecule is C=C1CC[C@@]2(C)[C@@H](C1)CC(=NO)[C@@H]1[C@@H]2CC(=NO)[C@]2(C)[C@@H]([C@H](C)CCC(=O)OC)CC[C@@H]12. The fraction of sp³-hybridized carbons (Fsp3) is 0.808. The maximum atomic E-state index is 11.7. The molecule has 0 amide bonds. The van der Waals surface area contributed by atoms with E-state index in [1.165, 1.54) is 12.7 Å². The van der Waals surface area contributed by atoms with Crippen LogP contribution in [0.15, 0.2) is 22.5 Å². The second-order valence-electron chi connectivity index (χ2n) is 11.5. The molecule has 0 unspecified atom stereocenters. The maximum absolute atomic E-state index is 11.7. The standard InChI is InChI=1S/C26H40N2O4/c1-15-10-11-25(3)17(12-15)13-21(27-30)24-19-8-7-18(16(2)6-9-23(29)32-5)26(19,4)22(28-31)14-20(24)25/h16-20,24,30-31H,1,6-14H2,2-5H3/t16-,17+,18-,19+,20+,24+,25+,26-/m1/s1. The summed E-state index contributed by atoms with van der Waals surface area (Å²) in [5.41, 5.74) is 3.07. The van der Waals surface area contributed by atoms with E-state index in [9.17, 15) is 15.2 Å². The molecular weight excluding hydrogens is 404 g/mol. The van der Waals surface area contributed by atoms with Gasteiger partial charge in [-0.15, -0.1) is 0 Å². The number of rotatable bonds is 4. The molecule has 4 aliphatic carbocycles. The number of nitrogens with zero attached hydrogens (tertiary/aromatic N) is 2. The Morgan fingerprint density at radius 2 is 1.94 bits per heavy atom. The van der Waals surface area contributed by atoms with E-state index < -0.39 is 0 Å². The monoisotopic (exact) mass is 444 g/mol. The molecule has 4 aliphatic rings. The van der Waals surface area contributed by atoms with Crippen LogP contribution in [0, 0.1) is 46.3 Å². The van der Waals surface area contributed by atoms with Crippen molar-refractivity contribution in [1.29, 1.82) is 0 Å². The Kier molecular flexibility index (Phi) is 6.19. The fourth-order valence-corrected chi connectivity index (χ4v) is 8.45. The Balaban J connectivity index is 1.68. The molecule has 4 fully saturated rings. The summed E-state index contributed by atoms with van der Waals surface area (Å²) in [5.74, 6) is 1.77. The summed E-state index contributed by atoms with van der Waals surface area (Å²) < 4.78 is 4.85. The van der Waals surface area contributed by atoms with E-state index in [2.05, 4.69) is 37.7 Å². The van der Waals surface area contributed by atoms with Crippen molar-refractivity contribution in [3.63, 3.8) is 0 Å². The van der Waals surface area contributed by atoms with Crippen LogP contribution in [0.5, 0.6) is 0 Å². The zero-order valence-electron chi connectivity index (χ0n) is 20.1. The van der Waals surface area contributed by atoms with E-state index in [0.29, 0.717) is 36.0 Å². The van der Waals surface area contributed by atoms with Crippen molar-refractivity contribution in [3.05, 3.63) is 12.2 Å². The van der Waals surface area contributed by atoms with Gasteiger partial charge in [0.25, 0.3) is 0 Å². The lowest BCUT2D eigenvalue weighted by Gasteiger charge is -2.60. The first-order valence-electron chi connectivity index (χ1n) is 12.4. The Hall–Kier alpha value is -1.85. The molecule has 0 aliphatic heterocycles. The molecule has 2 N–H and O–H groups in total. The second kappa shape index (κ2) is 8.49. The molecular formula is C26H40N2O4. The summed E-state index contributed by atoms with van der Waals surface area (Å²) in [6.07, 6.45) is 8.03. The molecule has 0 bridgehead atoms. The Morgan fingerprint density at radius 1 is 1.19 bits per heavy atom. The average molecular weight is 445 g/mol.